The highest BCUT2D eigenvalue weighted by Gasteiger charge is 2.07. The molecule has 3 rings (SSSR count). The Bertz CT molecular complexity index is 925. The number of benzene rings is 1. The number of nitrogens with zero attached hydrogens (tertiary/aromatic N) is 4. The summed E-state index contributed by atoms with van der Waals surface area (Å²) in [5, 5.41) is 7.26. The first-order valence-electron chi connectivity index (χ1n) is 7.31. The summed E-state index contributed by atoms with van der Waals surface area (Å²) in [6.07, 6.45) is 5.21. The minimum absolute atomic E-state index is 0.536. The molecule has 6 heteroatoms. The predicted molar refractivity (Wildman–Crippen MR) is 101 cm³/mol. The molecule has 0 N–H and O–H groups in total. The Morgan fingerprint density at radius 2 is 2.17 bits per heavy atom. The number of hydrogen-bond donors (Lipinski definition) is 0. The van der Waals surface area contributed by atoms with Crippen LogP contribution in [0.4, 0.5) is 0 Å². The molecule has 120 valence electrons. The van der Waals surface area contributed by atoms with Crippen LogP contribution in [0.1, 0.15) is 5.69 Å². The Morgan fingerprint density at radius 1 is 1.25 bits per heavy atom. The van der Waals surface area contributed by atoms with Crippen molar-refractivity contribution in [1.29, 1.82) is 0 Å². The van der Waals surface area contributed by atoms with Crippen molar-refractivity contribution in [3.8, 4) is 11.3 Å². The van der Waals surface area contributed by atoms with E-state index in [0.29, 0.717) is 11.6 Å². The molecule has 24 heavy (non-hydrogen) atoms. The Hall–Kier alpha value is -2.50. The number of thiazole rings is 1. The number of aromatic nitrogens is 2. The lowest BCUT2D eigenvalue weighted by Crippen LogP contribution is -2.12. The van der Waals surface area contributed by atoms with Gasteiger partial charge in [-0.05, 0) is 24.3 Å². The maximum Gasteiger partial charge on any atom is 0.206 e. The van der Waals surface area contributed by atoms with Crippen molar-refractivity contribution < 1.29 is 0 Å². The molecule has 1 aromatic carbocycles. The molecular weight excluding hydrogens is 340 g/mol. The second-order valence-electron chi connectivity index (χ2n) is 4.85. The average molecular weight is 355 g/mol. The molecule has 2 aromatic heterocycles. The minimum Gasteiger partial charge on any atom is -0.255 e. The van der Waals surface area contributed by atoms with Crippen molar-refractivity contribution in [3.63, 3.8) is 0 Å². The molecule has 0 radical (unpaired) electrons. The van der Waals surface area contributed by atoms with E-state index in [1.54, 1.807) is 23.2 Å². The van der Waals surface area contributed by atoms with Crippen LogP contribution in [0.25, 0.3) is 11.3 Å². The Labute approximate surface area is 149 Å². The van der Waals surface area contributed by atoms with Gasteiger partial charge in [-0.2, -0.15) is 5.10 Å². The normalized spacial score (nSPS) is 12.0. The fraction of sp³-hybridized carbons (Fsp3) is 0.0556. The number of rotatable bonds is 5. The molecule has 0 bridgehead atoms. The molecule has 0 aliphatic carbocycles. The highest BCUT2D eigenvalue weighted by Crippen LogP contribution is 2.23. The summed E-state index contributed by atoms with van der Waals surface area (Å²) in [5.41, 5.74) is 2.69. The standard InChI is InChI=1S/C18H15ClN4S/c1-2-9-21-18-23(22-12-16-8-3-4-10-20-16)17(13-24-18)14-6-5-7-15(19)11-14/h2-8,10-13H,1,9H2/b21-18?,22-12-. The van der Waals surface area contributed by atoms with E-state index in [9.17, 15) is 0 Å². The van der Waals surface area contributed by atoms with E-state index in [2.05, 4.69) is 21.7 Å². The molecule has 0 amide bonds. The van der Waals surface area contributed by atoms with E-state index < -0.39 is 0 Å². The average Bonchev–Trinajstić information content (AvgIpc) is 3.02. The molecule has 0 fully saturated rings. The third-order valence-corrected chi connectivity index (χ3v) is 4.24. The van der Waals surface area contributed by atoms with Crippen LogP contribution in [0.5, 0.6) is 0 Å². The molecule has 0 aliphatic rings. The van der Waals surface area contributed by atoms with Crippen LogP contribution in [-0.4, -0.2) is 22.4 Å². The lowest BCUT2D eigenvalue weighted by atomic mass is 10.2. The molecule has 0 aliphatic heterocycles. The molecule has 3 aromatic rings. The lowest BCUT2D eigenvalue weighted by Gasteiger charge is -2.04. The second-order valence-corrected chi connectivity index (χ2v) is 6.13. The summed E-state index contributed by atoms with van der Waals surface area (Å²) < 4.78 is 1.80. The van der Waals surface area contributed by atoms with Gasteiger partial charge < -0.3 is 0 Å². The van der Waals surface area contributed by atoms with Crippen LogP contribution in [-0.2, 0) is 0 Å². The highest BCUT2D eigenvalue weighted by atomic mass is 35.5. The van der Waals surface area contributed by atoms with Gasteiger partial charge in [0.2, 0.25) is 4.80 Å². The third-order valence-electron chi connectivity index (χ3n) is 3.15. The minimum atomic E-state index is 0.536. The van der Waals surface area contributed by atoms with Crippen molar-refractivity contribution >= 4 is 29.2 Å². The maximum atomic E-state index is 6.12. The lowest BCUT2D eigenvalue weighted by molar-refractivity contribution is 0.839. The van der Waals surface area contributed by atoms with Crippen molar-refractivity contribution in [2.45, 2.75) is 0 Å². The molecule has 4 nitrogen and oxygen atoms in total. The van der Waals surface area contributed by atoms with E-state index in [1.807, 2.05) is 47.8 Å². The fourth-order valence-electron chi connectivity index (χ4n) is 2.08. The van der Waals surface area contributed by atoms with Gasteiger partial charge >= 0.3 is 0 Å². The summed E-state index contributed by atoms with van der Waals surface area (Å²) in [5.74, 6) is 0. The van der Waals surface area contributed by atoms with Gasteiger partial charge in [0.1, 0.15) is 0 Å². The first-order valence-corrected chi connectivity index (χ1v) is 8.57. The van der Waals surface area contributed by atoms with Gasteiger partial charge in [-0.3, -0.25) is 9.98 Å². The quantitative estimate of drug-likeness (QED) is 0.499. The van der Waals surface area contributed by atoms with Crippen LogP contribution >= 0.6 is 22.9 Å². The van der Waals surface area contributed by atoms with Crippen molar-refractivity contribution in [1.82, 2.24) is 9.66 Å². The summed E-state index contributed by atoms with van der Waals surface area (Å²) in [4.78, 5) is 9.55. The SMILES string of the molecule is C=CCN=c1scc(-c2cccc(Cl)c2)n1/N=C\c1ccccn1. The van der Waals surface area contributed by atoms with Gasteiger partial charge in [0.15, 0.2) is 0 Å². The number of hydrogen-bond acceptors (Lipinski definition) is 4. The highest BCUT2D eigenvalue weighted by molar-refractivity contribution is 7.07. The Morgan fingerprint density at radius 3 is 2.92 bits per heavy atom. The van der Waals surface area contributed by atoms with Crippen LogP contribution in [0.3, 0.4) is 0 Å². The largest absolute Gasteiger partial charge is 0.255 e. The summed E-state index contributed by atoms with van der Waals surface area (Å²) >= 11 is 7.64. The zero-order valence-electron chi connectivity index (χ0n) is 12.8. The smallest absolute Gasteiger partial charge is 0.206 e. The Balaban J connectivity index is 2.08. The van der Waals surface area contributed by atoms with Crippen LogP contribution in [0.15, 0.2) is 76.8 Å². The van der Waals surface area contributed by atoms with E-state index in [4.69, 9.17) is 11.6 Å². The van der Waals surface area contributed by atoms with Gasteiger partial charge in [0, 0.05) is 22.2 Å². The van der Waals surface area contributed by atoms with Crippen LogP contribution in [0.2, 0.25) is 5.02 Å². The fourth-order valence-corrected chi connectivity index (χ4v) is 3.11. The molecule has 0 atom stereocenters. The van der Waals surface area contributed by atoms with Gasteiger partial charge in [-0.15, -0.1) is 17.9 Å². The molecule has 0 saturated carbocycles. The first kappa shape index (κ1) is 16.4. The van der Waals surface area contributed by atoms with Crippen molar-refractivity contribution in [2.24, 2.45) is 10.1 Å². The van der Waals surface area contributed by atoms with Crippen LogP contribution < -0.4 is 4.80 Å². The molecule has 0 spiro atoms. The zero-order chi connectivity index (χ0) is 16.8. The Kier molecular flexibility index (Phi) is 5.36. The third kappa shape index (κ3) is 3.88. The topological polar surface area (TPSA) is 42.5 Å². The molecule has 2 heterocycles. The van der Waals surface area contributed by atoms with E-state index >= 15 is 0 Å². The predicted octanol–water partition coefficient (Wildman–Crippen LogP) is 4.23. The number of halogens is 1. The summed E-state index contributed by atoms with van der Waals surface area (Å²) in [6.45, 7) is 4.25. The molecule has 0 unspecified atom stereocenters. The second kappa shape index (κ2) is 7.86. The van der Waals surface area contributed by atoms with Gasteiger partial charge in [0.25, 0.3) is 0 Å². The van der Waals surface area contributed by atoms with Crippen LogP contribution in [0, 0.1) is 0 Å². The van der Waals surface area contributed by atoms with Crippen molar-refractivity contribution in [2.75, 3.05) is 6.54 Å². The van der Waals surface area contributed by atoms with E-state index in [0.717, 1.165) is 21.8 Å². The molecule has 0 saturated heterocycles. The zero-order valence-corrected chi connectivity index (χ0v) is 14.4. The van der Waals surface area contributed by atoms with Crippen molar-refractivity contribution in [3.05, 3.63) is 82.2 Å². The monoisotopic (exact) mass is 354 g/mol. The first-order chi connectivity index (χ1) is 11.8. The maximum absolute atomic E-state index is 6.12. The van der Waals surface area contributed by atoms with E-state index in [-0.39, 0.29) is 0 Å². The van der Waals surface area contributed by atoms with Gasteiger partial charge in [-0.25, -0.2) is 4.68 Å². The van der Waals surface area contributed by atoms with Gasteiger partial charge in [0.05, 0.1) is 24.1 Å². The van der Waals surface area contributed by atoms with Gasteiger partial charge in [-0.1, -0.05) is 35.9 Å². The van der Waals surface area contributed by atoms with E-state index in [1.165, 1.54) is 11.3 Å². The molecular formula is C18H15ClN4S. The summed E-state index contributed by atoms with van der Waals surface area (Å²) in [6, 6.07) is 13.4. The number of pyridine rings is 1. The summed E-state index contributed by atoms with van der Waals surface area (Å²) in [7, 11) is 0.